The Morgan fingerprint density at radius 2 is 1.24 bits per heavy atom. The van der Waals surface area contributed by atoms with Crippen LogP contribution in [-0.4, -0.2) is 4.57 Å². The molecule has 0 fully saturated rings. The fourth-order valence-corrected chi connectivity index (χ4v) is 7.08. The molecular formula is C33H21N. The molecule has 34 heavy (non-hydrogen) atoms. The minimum absolute atomic E-state index is 0.993. The quantitative estimate of drug-likeness (QED) is 0.231. The van der Waals surface area contributed by atoms with Gasteiger partial charge < -0.3 is 4.57 Å². The first-order chi connectivity index (χ1) is 16.9. The van der Waals surface area contributed by atoms with Crippen LogP contribution in [0.4, 0.5) is 0 Å². The normalized spacial score (nSPS) is 14.1. The molecule has 0 atom stereocenters. The van der Waals surface area contributed by atoms with Gasteiger partial charge in [0.1, 0.15) is 0 Å². The molecule has 2 heterocycles. The molecule has 0 bridgehead atoms. The standard InChI is InChI=1S/C33H21N/c1-3-9-24-20(8-1)17-28-27(24)18-23-16-22-14-13-21-15-19-7-2-4-10-25(19)30(21)32(22)34-29-12-6-5-11-26(29)31(28)33(23)34/h1-14,18H,15-17H2. The van der Waals surface area contributed by atoms with Crippen LogP contribution in [-0.2, 0) is 19.3 Å². The van der Waals surface area contributed by atoms with Crippen molar-refractivity contribution < 1.29 is 0 Å². The van der Waals surface area contributed by atoms with Crippen LogP contribution in [0.1, 0.15) is 33.4 Å². The van der Waals surface area contributed by atoms with Crippen LogP contribution in [0.2, 0.25) is 0 Å². The molecule has 1 heteroatoms. The van der Waals surface area contributed by atoms with Gasteiger partial charge in [0.15, 0.2) is 0 Å². The van der Waals surface area contributed by atoms with Gasteiger partial charge >= 0.3 is 0 Å². The maximum absolute atomic E-state index is 2.61. The average Bonchev–Trinajstić information content (AvgIpc) is 3.55. The summed E-state index contributed by atoms with van der Waals surface area (Å²) in [5.74, 6) is 0. The molecule has 0 N–H and O–H groups in total. The molecule has 0 saturated carbocycles. The summed E-state index contributed by atoms with van der Waals surface area (Å²) in [6.45, 7) is 0. The second kappa shape index (κ2) is 5.87. The van der Waals surface area contributed by atoms with Crippen LogP contribution < -0.4 is 0 Å². The van der Waals surface area contributed by atoms with E-state index in [1.165, 1.54) is 83.1 Å². The van der Waals surface area contributed by atoms with E-state index in [-0.39, 0.29) is 0 Å². The van der Waals surface area contributed by atoms with Crippen molar-refractivity contribution in [3.63, 3.8) is 0 Å². The van der Waals surface area contributed by atoms with Crippen molar-refractivity contribution in [1.29, 1.82) is 0 Å². The molecular weight excluding hydrogens is 410 g/mol. The number of fused-ring (bicyclic) bond motifs is 13. The van der Waals surface area contributed by atoms with Gasteiger partial charge in [0, 0.05) is 22.8 Å². The van der Waals surface area contributed by atoms with Crippen LogP contribution in [0, 0.1) is 0 Å². The Bertz CT molecular complexity index is 1880. The monoisotopic (exact) mass is 431 g/mol. The van der Waals surface area contributed by atoms with Crippen molar-refractivity contribution in [2.24, 2.45) is 0 Å². The fraction of sp³-hybridized carbons (Fsp3) is 0.0909. The second-order valence-electron chi connectivity index (χ2n) is 10.1. The molecule has 158 valence electrons. The summed E-state index contributed by atoms with van der Waals surface area (Å²) in [5.41, 5.74) is 18.7. The summed E-state index contributed by atoms with van der Waals surface area (Å²) in [6.07, 6.45) is 3.05. The molecule has 9 rings (SSSR count). The van der Waals surface area contributed by atoms with Crippen LogP contribution in [0.15, 0.2) is 91.0 Å². The molecule has 1 aliphatic heterocycles. The highest BCUT2D eigenvalue weighted by molar-refractivity contribution is 6.16. The highest BCUT2D eigenvalue weighted by Crippen LogP contribution is 2.51. The van der Waals surface area contributed by atoms with Gasteiger partial charge in [0.2, 0.25) is 0 Å². The van der Waals surface area contributed by atoms with Crippen molar-refractivity contribution in [3.05, 3.63) is 124 Å². The number of hydrogen-bond acceptors (Lipinski definition) is 0. The summed E-state index contributed by atoms with van der Waals surface area (Å²) >= 11 is 0. The van der Waals surface area contributed by atoms with Crippen molar-refractivity contribution >= 4 is 21.8 Å². The number of aromatic nitrogens is 1. The molecule has 0 amide bonds. The third-order valence-corrected chi connectivity index (χ3v) is 8.42. The Labute approximate surface area is 197 Å². The van der Waals surface area contributed by atoms with E-state index < -0.39 is 0 Å². The second-order valence-corrected chi connectivity index (χ2v) is 10.1. The number of nitrogens with zero attached hydrogens (tertiary/aromatic N) is 1. The predicted octanol–water partition coefficient (Wildman–Crippen LogP) is 7.83. The van der Waals surface area contributed by atoms with Gasteiger partial charge in [-0.15, -0.1) is 0 Å². The third-order valence-electron chi connectivity index (χ3n) is 8.42. The lowest BCUT2D eigenvalue weighted by Crippen LogP contribution is -2.10. The minimum atomic E-state index is 0.993. The SMILES string of the molecule is c1ccc2c(c1)Cc1c-2cc2c3c1c1ccccc1n3-c1c(ccc3c1-c1ccccc1C3)C2. The maximum atomic E-state index is 2.61. The molecule has 1 nitrogen and oxygen atoms in total. The Kier molecular flexibility index (Phi) is 3.00. The van der Waals surface area contributed by atoms with Crippen molar-refractivity contribution in [2.75, 3.05) is 0 Å². The lowest BCUT2D eigenvalue weighted by Gasteiger charge is -2.25. The summed E-state index contributed by atoms with van der Waals surface area (Å²) < 4.78 is 2.61. The zero-order chi connectivity index (χ0) is 22.0. The maximum Gasteiger partial charge on any atom is 0.0580 e. The van der Waals surface area contributed by atoms with E-state index in [2.05, 4.69) is 95.6 Å². The molecule has 0 radical (unpaired) electrons. The first-order valence-electron chi connectivity index (χ1n) is 12.3. The molecule has 0 unspecified atom stereocenters. The number of para-hydroxylation sites is 1. The largest absolute Gasteiger partial charge is 0.308 e. The van der Waals surface area contributed by atoms with Gasteiger partial charge in [0.05, 0.1) is 16.7 Å². The number of rotatable bonds is 0. The van der Waals surface area contributed by atoms with Gasteiger partial charge in [0.25, 0.3) is 0 Å². The van der Waals surface area contributed by atoms with Crippen molar-refractivity contribution in [3.8, 4) is 27.9 Å². The summed E-state index contributed by atoms with van der Waals surface area (Å²) in [4.78, 5) is 0. The molecule has 6 aromatic rings. The topological polar surface area (TPSA) is 4.93 Å². The number of hydrogen-bond donors (Lipinski definition) is 0. The van der Waals surface area contributed by atoms with Crippen LogP contribution >= 0.6 is 0 Å². The average molecular weight is 432 g/mol. The first kappa shape index (κ1) is 17.4. The molecule has 0 spiro atoms. The van der Waals surface area contributed by atoms with Gasteiger partial charge in [-0.1, -0.05) is 78.9 Å². The summed E-state index contributed by atoms with van der Waals surface area (Å²) in [6, 6.07) is 34.3. The fourth-order valence-electron chi connectivity index (χ4n) is 7.08. The van der Waals surface area contributed by atoms with Gasteiger partial charge in [-0.05, 0) is 75.0 Å². The minimum Gasteiger partial charge on any atom is -0.308 e. The van der Waals surface area contributed by atoms with Crippen LogP contribution in [0.3, 0.4) is 0 Å². The highest BCUT2D eigenvalue weighted by Gasteiger charge is 2.32. The van der Waals surface area contributed by atoms with E-state index in [1.54, 1.807) is 0 Å². The molecule has 1 aromatic heterocycles. The van der Waals surface area contributed by atoms with E-state index in [0.29, 0.717) is 0 Å². The van der Waals surface area contributed by atoms with Gasteiger partial charge in [-0.25, -0.2) is 0 Å². The smallest absolute Gasteiger partial charge is 0.0580 e. The van der Waals surface area contributed by atoms with Gasteiger partial charge in [-0.2, -0.15) is 0 Å². The van der Waals surface area contributed by atoms with E-state index in [1.807, 2.05) is 0 Å². The Morgan fingerprint density at radius 3 is 2.15 bits per heavy atom. The van der Waals surface area contributed by atoms with Crippen LogP contribution in [0.25, 0.3) is 49.7 Å². The highest BCUT2D eigenvalue weighted by atomic mass is 15.0. The van der Waals surface area contributed by atoms with Crippen molar-refractivity contribution in [1.82, 2.24) is 4.57 Å². The summed E-state index contributed by atoms with van der Waals surface area (Å²) in [5, 5.41) is 2.86. The third kappa shape index (κ3) is 1.94. The van der Waals surface area contributed by atoms with Crippen LogP contribution in [0.5, 0.6) is 0 Å². The Morgan fingerprint density at radius 1 is 0.529 bits per heavy atom. The lowest BCUT2D eigenvalue weighted by atomic mass is 9.89. The first-order valence-corrected chi connectivity index (χ1v) is 12.3. The zero-order valence-corrected chi connectivity index (χ0v) is 18.7. The number of benzene rings is 5. The molecule has 5 aromatic carbocycles. The summed E-state index contributed by atoms with van der Waals surface area (Å²) in [7, 11) is 0. The van der Waals surface area contributed by atoms with E-state index in [4.69, 9.17) is 0 Å². The zero-order valence-electron chi connectivity index (χ0n) is 18.7. The Balaban J connectivity index is 1.48. The van der Waals surface area contributed by atoms with Gasteiger partial charge in [-0.3, -0.25) is 0 Å². The van der Waals surface area contributed by atoms with E-state index in [0.717, 1.165) is 19.3 Å². The molecule has 3 aliphatic rings. The Hall–Kier alpha value is -4.10. The molecule has 0 saturated heterocycles. The molecule has 2 aliphatic carbocycles. The van der Waals surface area contributed by atoms with E-state index >= 15 is 0 Å². The van der Waals surface area contributed by atoms with Crippen molar-refractivity contribution in [2.45, 2.75) is 19.3 Å². The lowest BCUT2D eigenvalue weighted by molar-refractivity contribution is 1.04. The van der Waals surface area contributed by atoms with E-state index in [9.17, 15) is 0 Å². The predicted molar refractivity (Wildman–Crippen MR) is 140 cm³/mol.